The van der Waals surface area contributed by atoms with Crippen molar-refractivity contribution in [3.05, 3.63) is 29.6 Å². The monoisotopic (exact) mass is 255 g/mol. The maximum Gasteiger partial charge on any atom is 0.131 e. The highest BCUT2D eigenvalue weighted by molar-refractivity contribution is 5.28. The van der Waals surface area contributed by atoms with Gasteiger partial charge in [0.25, 0.3) is 0 Å². The molecule has 1 aromatic carbocycles. The number of halogens is 1. The van der Waals surface area contributed by atoms with Crippen molar-refractivity contribution in [1.82, 2.24) is 4.90 Å². The van der Waals surface area contributed by atoms with Gasteiger partial charge in [-0.25, -0.2) is 4.39 Å². The van der Waals surface area contributed by atoms with Crippen molar-refractivity contribution in [2.45, 2.75) is 26.3 Å². The van der Waals surface area contributed by atoms with E-state index in [1.54, 1.807) is 12.1 Å². The normalized spacial score (nSPS) is 10.9. The van der Waals surface area contributed by atoms with Crippen LogP contribution in [0.15, 0.2) is 18.2 Å². The summed E-state index contributed by atoms with van der Waals surface area (Å²) in [6.07, 6.45) is 2.14. The van der Waals surface area contributed by atoms with Crippen LogP contribution >= 0.6 is 0 Å². The van der Waals surface area contributed by atoms with Crippen LogP contribution in [-0.2, 0) is 6.54 Å². The fourth-order valence-corrected chi connectivity index (χ4v) is 1.82. The van der Waals surface area contributed by atoms with E-state index in [0.29, 0.717) is 24.4 Å². The number of hydrogen-bond acceptors (Lipinski definition) is 3. The summed E-state index contributed by atoms with van der Waals surface area (Å²) < 4.78 is 18.8. The summed E-state index contributed by atoms with van der Waals surface area (Å²) in [4.78, 5) is 2.06. The number of ether oxygens (including phenoxy) is 1. The van der Waals surface area contributed by atoms with Gasteiger partial charge in [-0.15, -0.1) is 0 Å². The van der Waals surface area contributed by atoms with E-state index in [2.05, 4.69) is 11.8 Å². The van der Waals surface area contributed by atoms with Gasteiger partial charge in [0.15, 0.2) is 0 Å². The number of benzene rings is 1. The molecular weight excluding hydrogens is 233 g/mol. The molecule has 3 nitrogen and oxygen atoms in total. The fourth-order valence-electron chi connectivity index (χ4n) is 1.82. The Labute approximate surface area is 108 Å². The first-order valence-corrected chi connectivity index (χ1v) is 6.36. The average molecular weight is 255 g/mol. The Hall–Kier alpha value is -1.13. The molecule has 0 aliphatic carbocycles. The zero-order chi connectivity index (χ0) is 13.4. The number of nitrogens with zero attached hydrogens (tertiary/aromatic N) is 1. The lowest BCUT2D eigenvalue weighted by Crippen LogP contribution is -2.28. The number of rotatable bonds is 8. The number of aliphatic hydroxyl groups is 1. The minimum absolute atomic E-state index is 0.0987. The Bertz CT molecular complexity index is 358. The first kappa shape index (κ1) is 14.9. The van der Waals surface area contributed by atoms with Crippen molar-refractivity contribution in [3.8, 4) is 5.75 Å². The second-order valence-electron chi connectivity index (χ2n) is 4.31. The molecule has 102 valence electrons. The number of unbranched alkanes of at least 4 members (excludes halogenated alkanes) is 1. The van der Waals surface area contributed by atoms with Gasteiger partial charge in [0.2, 0.25) is 0 Å². The molecule has 1 rings (SSSR count). The van der Waals surface area contributed by atoms with Crippen LogP contribution in [0.25, 0.3) is 0 Å². The van der Waals surface area contributed by atoms with Crippen LogP contribution in [-0.4, -0.2) is 36.8 Å². The number of methoxy groups -OCH3 is 1. The zero-order valence-electron chi connectivity index (χ0n) is 11.2. The minimum atomic E-state index is -0.256. The van der Waals surface area contributed by atoms with Gasteiger partial charge in [-0.2, -0.15) is 0 Å². The second kappa shape index (κ2) is 8.06. The second-order valence-corrected chi connectivity index (χ2v) is 4.31. The Morgan fingerprint density at radius 2 is 2.11 bits per heavy atom. The number of hydrogen-bond donors (Lipinski definition) is 1. The van der Waals surface area contributed by atoms with Crippen molar-refractivity contribution in [3.63, 3.8) is 0 Å². The van der Waals surface area contributed by atoms with E-state index >= 15 is 0 Å². The van der Waals surface area contributed by atoms with Crippen LogP contribution in [0.3, 0.4) is 0 Å². The van der Waals surface area contributed by atoms with Gasteiger partial charge in [-0.05, 0) is 19.0 Å². The summed E-state index contributed by atoms with van der Waals surface area (Å²) in [6, 6.07) is 4.89. The van der Waals surface area contributed by atoms with Crippen molar-refractivity contribution in [2.75, 3.05) is 26.8 Å². The minimum Gasteiger partial charge on any atom is -0.497 e. The molecule has 0 radical (unpaired) electrons. The molecule has 0 aliphatic heterocycles. The van der Waals surface area contributed by atoms with Gasteiger partial charge in [0, 0.05) is 24.7 Å². The molecule has 18 heavy (non-hydrogen) atoms. The quantitative estimate of drug-likeness (QED) is 0.774. The molecule has 0 saturated carbocycles. The summed E-state index contributed by atoms with van der Waals surface area (Å²) in [5.74, 6) is 0.271. The van der Waals surface area contributed by atoms with Gasteiger partial charge < -0.3 is 9.84 Å². The third-order valence-electron chi connectivity index (χ3n) is 2.90. The van der Waals surface area contributed by atoms with E-state index in [4.69, 9.17) is 9.84 Å². The van der Waals surface area contributed by atoms with Gasteiger partial charge >= 0.3 is 0 Å². The first-order chi connectivity index (χ1) is 8.71. The van der Waals surface area contributed by atoms with Crippen LogP contribution in [0.5, 0.6) is 5.75 Å². The molecule has 1 N–H and O–H groups in total. The topological polar surface area (TPSA) is 32.7 Å². The molecule has 0 bridgehead atoms. The van der Waals surface area contributed by atoms with Crippen molar-refractivity contribution < 1.29 is 14.2 Å². The van der Waals surface area contributed by atoms with Crippen molar-refractivity contribution >= 4 is 0 Å². The molecular formula is C14H22FNO2. The standard InChI is InChI=1S/C14H22FNO2/c1-3-4-7-16(8-9-17)11-12-5-6-13(18-2)10-14(12)15/h5-6,10,17H,3-4,7-9,11H2,1-2H3. The Balaban J connectivity index is 2.67. The van der Waals surface area contributed by atoms with Crippen LogP contribution in [0, 0.1) is 5.82 Å². The molecule has 4 heteroatoms. The molecule has 0 aliphatic rings. The van der Waals surface area contributed by atoms with Gasteiger partial charge in [0.05, 0.1) is 13.7 Å². The maximum absolute atomic E-state index is 13.8. The van der Waals surface area contributed by atoms with Crippen LogP contribution < -0.4 is 4.74 Å². The van der Waals surface area contributed by atoms with Gasteiger partial charge in [-0.3, -0.25) is 4.90 Å². The molecule has 1 aromatic rings. The maximum atomic E-state index is 13.8. The molecule has 0 spiro atoms. The van der Waals surface area contributed by atoms with Crippen molar-refractivity contribution in [2.24, 2.45) is 0 Å². The Morgan fingerprint density at radius 3 is 2.67 bits per heavy atom. The summed E-state index contributed by atoms with van der Waals surface area (Å²) in [5.41, 5.74) is 0.639. The molecule has 0 atom stereocenters. The lowest BCUT2D eigenvalue weighted by atomic mass is 10.2. The molecule has 0 fully saturated rings. The highest BCUT2D eigenvalue weighted by atomic mass is 19.1. The highest BCUT2D eigenvalue weighted by Gasteiger charge is 2.09. The van der Waals surface area contributed by atoms with E-state index in [-0.39, 0.29) is 12.4 Å². The van der Waals surface area contributed by atoms with E-state index in [9.17, 15) is 4.39 Å². The predicted octanol–water partition coefficient (Wildman–Crippen LogP) is 2.43. The van der Waals surface area contributed by atoms with Gasteiger partial charge in [-0.1, -0.05) is 19.4 Å². The average Bonchev–Trinajstić information content (AvgIpc) is 2.38. The summed E-state index contributed by atoms with van der Waals surface area (Å²) in [7, 11) is 1.52. The summed E-state index contributed by atoms with van der Waals surface area (Å²) in [5, 5.41) is 9.01. The van der Waals surface area contributed by atoms with E-state index in [1.807, 2.05) is 0 Å². The van der Waals surface area contributed by atoms with E-state index < -0.39 is 0 Å². The van der Waals surface area contributed by atoms with Crippen LogP contribution in [0.1, 0.15) is 25.3 Å². The van der Waals surface area contributed by atoms with E-state index in [1.165, 1.54) is 13.2 Å². The third-order valence-corrected chi connectivity index (χ3v) is 2.90. The van der Waals surface area contributed by atoms with Crippen LogP contribution in [0.4, 0.5) is 4.39 Å². The lowest BCUT2D eigenvalue weighted by molar-refractivity contribution is 0.187. The Morgan fingerprint density at radius 1 is 1.33 bits per heavy atom. The smallest absolute Gasteiger partial charge is 0.131 e. The zero-order valence-corrected chi connectivity index (χ0v) is 11.2. The first-order valence-electron chi connectivity index (χ1n) is 6.36. The Kier molecular flexibility index (Phi) is 6.68. The molecule has 0 saturated heterocycles. The highest BCUT2D eigenvalue weighted by Crippen LogP contribution is 2.17. The molecule has 0 heterocycles. The fraction of sp³-hybridized carbons (Fsp3) is 0.571. The summed E-state index contributed by atoms with van der Waals surface area (Å²) in [6.45, 7) is 4.19. The van der Waals surface area contributed by atoms with E-state index in [0.717, 1.165) is 19.4 Å². The van der Waals surface area contributed by atoms with Crippen molar-refractivity contribution in [1.29, 1.82) is 0 Å². The predicted molar refractivity (Wildman–Crippen MR) is 70.2 cm³/mol. The summed E-state index contributed by atoms with van der Waals surface area (Å²) >= 11 is 0. The van der Waals surface area contributed by atoms with Gasteiger partial charge in [0.1, 0.15) is 11.6 Å². The SMILES string of the molecule is CCCCN(CCO)Cc1ccc(OC)cc1F. The van der Waals surface area contributed by atoms with Crippen LogP contribution in [0.2, 0.25) is 0 Å². The number of aliphatic hydroxyl groups excluding tert-OH is 1. The lowest BCUT2D eigenvalue weighted by Gasteiger charge is -2.21. The molecule has 0 aromatic heterocycles. The third kappa shape index (κ3) is 4.63. The molecule has 0 amide bonds. The largest absolute Gasteiger partial charge is 0.497 e. The molecule has 0 unspecified atom stereocenters.